The van der Waals surface area contributed by atoms with Crippen LogP contribution in [0.1, 0.15) is 19.8 Å². The molecule has 1 atom stereocenters. The third-order valence-electron chi connectivity index (χ3n) is 3.27. The largest absolute Gasteiger partial charge is 0.397 e. The van der Waals surface area contributed by atoms with Crippen LogP contribution in [0.5, 0.6) is 0 Å². The summed E-state index contributed by atoms with van der Waals surface area (Å²) in [5, 5.41) is 2.66. The molecule has 1 aliphatic rings. The number of nitrogen functional groups attached to an aromatic ring is 1. The summed E-state index contributed by atoms with van der Waals surface area (Å²) >= 11 is 0. The zero-order valence-corrected chi connectivity index (χ0v) is 11.3. The fourth-order valence-corrected chi connectivity index (χ4v) is 2.12. The molecule has 0 bridgehead atoms. The minimum Gasteiger partial charge on any atom is -0.397 e. The highest BCUT2D eigenvalue weighted by Crippen LogP contribution is 2.20. The number of rotatable bonds is 4. The minimum atomic E-state index is -0.282. The fraction of sp³-hybridized carbons (Fsp3) is 0.357. The summed E-state index contributed by atoms with van der Waals surface area (Å²) in [5.74, 6) is -0.977. The molecule has 1 fully saturated rings. The van der Waals surface area contributed by atoms with Crippen molar-refractivity contribution < 1.29 is 14.4 Å². The van der Waals surface area contributed by atoms with E-state index in [4.69, 9.17) is 5.73 Å². The van der Waals surface area contributed by atoms with E-state index in [1.54, 1.807) is 31.2 Å². The molecule has 0 aromatic heterocycles. The van der Waals surface area contributed by atoms with Crippen LogP contribution in [0, 0.1) is 5.92 Å². The topological polar surface area (TPSA) is 92.5 Å². The van der Waals surface area contributed by atoms with Crippen molar-refractivity contribution >= 4 is 29.1 Å². The van der Waals surface area contributed by atoms with Gasteiger partial charge in [0.2, 0.25) is 17.7 Å². The van der Waals surface area contributed by atoms with Gasteiger partial charge in [0.15, 0.2) is 0 Å². The van der Waals surface area contributed by atoms with Gasteiger partial charge in [-0.05, 0) is 12.1 Å². The highest BCUT2D eigenvalue weighted by Gasteiger charge is 2.35. The second-order valence-electron chi connectivity index (χ2n) is 4.87. The van der Waals surface area contributed by atoms with Gasteiger partial charge in [0.05, 0.1) is 11.4 Å². The average Bonchev–Trinajstić information content (AvgIpc) is 2.64. The Morgan fingerprint density at radius 1 is 1.40 bits per heavy atom. The van der Waals surface area contributed by atoms with Gasteiger partial charge in [-0.25, -0.2) is 0 Å². The molecule has 0 saturated carbocycles. The van der Waals surface area contributed by atoms with Crippen LogP contribution in [-0.2, 0) is 14.4 Å². The van der Waals surface area contributed by atoms with Crippen LogP contribution in [0.15, 0.2) is 24.3 Å². The van der Waals surface area contributed by atoms with Crippen LogP contribution in [0.3, 0.4) is 0 Å². The predicted molar refractivity (Wildman–Crippen MR) is 74.6 cm³/mol. The molecule has 1 heterocycles. The number of nitrogens with two attached hydrogens (primary N) is 1. The van der Waals surface area contributed by atoms with Crippen LogP contribution < -0.4 is 11.1 Å². The predicted octanol–water partition coefficient (Wildman–Crippen LogP) is 0.992. The number of amides is 3. The number of benzene rings is 1. The van der Waals surface area contributed by atoms with Gasteiger partial charge in [0.25, 0.3) is 0 Å². The first-order valence-corrected chi connectivity index (χ1v) is 6.47. The number of anilines is 2. The maximum absolute atomic E-state index is 11.8. The maximum atomic E-state index is 11.8. The van der Waals surface area contributed by atoms with Gasteiger partial charge in [-0.15, -0.1) is 0 Å². The first-order chi connectivity index (χ1) is 9.49. The second-order valence-corrected chi connectivity index (χ2v) is 4.87. The Morgan fingerprint density at radius 3 is 2.70 bits per heavy atom. The Hall–Kier alpha value is -2.37. The number of carbonyl (C=O) groups is 3. The van der Waals surface area contributed by atoms with E-state index in [2.05, 4.69) is 5.32 Å². The minimum absolute atomic E-state index is 0.0680. The molecule has 3 amide bonds. The Labute approximate surface area is 116 Å². The number of likely N-dealkylation sites (tertiary alicyclic amines) is 1. The van der Waals surface area contributed by atoms with Crippen molar-refractivity contribution in [3.05, 3.63) is 24.3 Å². The van der Waals surface area contributed by atoms with Crippen LogP contribution in [-0.4, -0.2) is 29.2 Å². The molecule has 1 unspecified atom stereocenters. The molecule has 3 N–H and O–H groups in total. The molecular formula is C14H17N3O3. The molecule has 1 aromatic carbocycles. The molecule has 1 saturated heterocycles. The van der Waals surface area contributed by atoms with Gasteiger partial charge in [0, 0.05) is 25.3 Å². The SMILES string of the molecule is CC1CC(=O)N(CCC(=O)Nc2ccccc2N)C1=O. The monoisotopic (exact) mass is 275 g/mol. The number of imide groups is 1. The van der Waals surface area contributed by atoms with E-state index in [0.717, 1.165) is 4.90 Å². The standard InChI is InChI=1S/C14H17N3O3/c1-9-8-13(19)17(14(9)20)7-6-12(18)16-11-5-3-2-4-10(11)15/h2-5,9H,6-8,15H2,1H3,(H,16,18). The maximum Gasteiger partial charge on any atom is 0.232 e. The van der Waals surface area contributed by atoms with Gasteiger partial charge < -0.3 is 11.1 Å². The molecule has 20 heavy (non-hydrogen) atoms. The van der Waals surface area contributed by atoms with E-state index < -0.39 is 0 Å². The molecule has 1 aliphatic heterocycles. The Balaban J connectivity index is 1.89. The second kappa shape index (κ2) is 5.73. The Bertz CT molecular complexity index is 556. The van der Waals surface area contributed by atoms with Crippen molar-refractivity contribution in [2.24, 2.45) is 5.92 Å². The van der Waals surface area contributed by atoms with Crippen molar-refractivity contribution in [3.8, 4) is 0 Å². The Kier molecular flexibility index (Phi) is 4.02. The molecule has 106 valence electrons. The number of hydrogen-bond donors (Lipinski definition) is 2. The van der Waals surface area contributed by atoms with E-state index in [-0.39, 0.29) is 43.0 Å². The lowest BCUT2D eigenvalue weighted by Crippen LogP contribution is -2.33. The van der Waals surface area contributed by atoms with Gasteiger partial charge in [-0.1, -0.05) is 19.1 Å². The molecule has 0 aliphatic carbocycles. The lowest BCUT2D eigenvalue weighted by molar-refractivity contribution is -0.139. The molecular weight excluding hydrogens is 258 g/mol. The van der Waals surface area contributed by atoms with E-state index >= 15 is 0 Å². The first kappa shape index (κ1) is 14.0. The number of carbonyl (C=O) groups excluding carboxylic acids is 3. The first-order valence-electron chi connectivity index (χ1n) is 6.47. The van der Waals surface area contributed by atoms with Gasteiger partial charge in [0.1, 0.15) is 0 Å². The summed E-state index contributed by atoms with van der Waals surface area (Å²) in [5.41, 5.74) is 6.72. The molecule has 6 heteroatoms. The number of nitrogens with one attached hydrogen (secondary N) is 1. The summed E-state index contributed by atoms with van der Waals surface area (Å²) in [6.45, 7) is 1.82. The third kappa shape index (κ3) is 2.96. The van der Waals surface area contributed by atoms with Crippen LogP contribution in [0.25, 0.3) is 0 Å². The highest BCUT2D eigenvalue weighted by atomic mass is 16.2. The molecule has 1 aromatic rings. The number of nitrogens with zero attached hydrogens (tertiary/aromatic N) is 1. The van der Waals surface area contributed by atoms with Crippen molar-refractivity contribution in [2.75, 3.05) is 17.6 Å². The van der Waals surface area contributed by atoms with Crippen LogP contribution in [0.4, 0.5) is 11.4 Å². The lowest BCUT2D eigenvalue weighted by Gasteiger charge is -2.14. The molecule has 6 nitrogen and oxygen atoms in total. The molecule has 0 spiro atoms. The summed E-state index contributed by atoms with van der Waals surface area (Å²) in [6.07, 6.45) is 0.296. The number of para-hydroxylation sites is 2. The third-order valence-corrected chi connectivity index (χ3v) is 3.27. The Morgan fingerprint density at radius 2 is 2.10 bits per heavy atom. The zero-order valence-electron chi connectivity index (χ0n) is 11.3. The molecule has 2 rings (SSSR count). The van der Waals surface area contributed by atoms with Gasteiger partial charge in [-0.2, -0.15) is 0 Å². The summed E-state index contributed by atoms with van der Waals surface area (Å²) in [7, 11) is 0. The highest BCUT2D eigenvalue weighted by molar-refractivity contribution is 6.04. The molecule has 0 radical (unpaired) electrons. The average molecular weight is 275 g/mol. The van der Waals surface area contributed by atoms with Crippen molar-refractivity contribution in [1.29, 1.82) is 0 Å². The summed E-state index contributed by atoms with van der Waals surface area (Å²) in [6, 6.07) is 6.92. The van der Waals surface area contributed by atoms with Crippen molar-refractivity contribution in [1.82, 2.24) is 4.90 Å². The van der Waals surface area contributed by atoms with E-state index in [0.29, 0.717) is 11.4 Å². The van der Waals surface area contributed by atoms with E-state index in [1.807, 2.05) is 0 Å². The normalized spacial score (nSPS) is 18.4. The summed E-state index contributed by atoms with van der Waals surface area (Å²) < 4.78 is 0. The lowest BCUT2D eigenvalue weighted by atomic mass is 10.1. The number of hydrogen-bond acceptors (Lipinski definition) is 4. The smallest absolute Gasteiger partial charge is 0.232 e. The van der Waals surface area contributed by atoms with Crippen LogP contribution in [0.2, 0.25) is 0 Å². The quantitative estimate of drug-likeness (QED) is 0.633. The van der Waals surface area contributed by atoms with Crippen molar-refractivity contribution in [3.63, 3.8) is 0 Å². The van der Waals surface area contributed by atoms with E-state index in [1.165, 1.54) is 0 Å². The summed E-state index contributed by atoms with van der Waals surface area (Å²) in [4.78, 5) is 36.2. The van der Waals surface area contributed by atoms with Gasteiger partial charge >= 0.3 is 0 Å². The fourth-order valence-electron chi connectivity index (χ4n) is 2.12. The van der Waals surface area contributed by atoms with Crippen molar-refractivity contribution in [2.45, 2.75) is 19.8 Å². The van der Waals surface area contributed by atoms with Crippen LogP contribution >= 0.6 is 0 Å². The zero-order chi connectivity index (χ0) is 14.7. The van der Waals surface area contributed by atoms with Gasteiger partial charge in [-0.3, -0.25) is 19.3 Å². The van der Waals surface area contributed by atoms with E-state index in [9.17, 15) is 14.4 Å².